The minimum absolute atomic E-state index is 0.0755. The third-order valence-corrected chi connectivity index (χ3v) is 2.68. The van der Waals surface area contributed by atoms with Gasteiger partial charge >= 0.3 is 5.97 Å². The smallest absolute Gasteiger partial charge is 0.379 e. The first kappa shape index (κ1) is 14.3. The molecule has 0 aliphatic carbocycles. The van der Waals surface area contributed by atoms with E-state index in [4.69, 9.17) is 16.3 Å². The first-order valence-corrected chi connectivity index (χ1v) is 5.59. The van der Waals surface area contributed by atoms with Crippen LogP contribution >= 0.6 is 11.6 Å². The van der Waals surface area contributed by atoms with Crippen molar-refractivity contribution in [3.05, 3.63) is 22.2 Å². The lowest BCUT2D eigenvalue weighted by Gasteiger charge is -2.11. The summed E-state index contributed by atoms with van der Waals surface area (Å²) < 4.78 is 9.49. The Balaban J connectivity index is 3.30. The fourth-order valence-corrected chi connectivity index (χ4v) is 1.80. The third kappa shape index (κ3) is 2.56. The summed E-state index contributed by atoms with van der Waals surface area (Å²) in [7, 11) is 1.36. The number of ether oxygens (including phenoxy) is 2. The molecule has 1 aromatic rings. The van der Waals surface area contributed by atoms with E-state index in [9.17, 15) is 14.7 Å². The van der Waals surface area contributed by atoms with Gasteiger partial charge < -0.3 is 14.6 Å². The van der Waals surface area contributed by atoms with Crippen LogP contribution in [0.3, 0.4) is 0 Å². The van der Waals surface area contributed by atoms with Crippen molar-refractivity contribution in [3.63, 3.8) is 0 Å². The molecule has 0 spiro atoms. The predicted octanol–water partition coefficient (Wildman–Crippen LogP) is 2.11. The zero-order valence-corrected chi connectivity index (χ0v) is 11.0. The SMILES string of the molecule is CCOC(=O)C(=O)c1c(C)cc(OC)c(O)c1Cl. The molecule has 0 atom stereocenters. The third-order valence-electron chi connectivity index (χ3n) is 2.31. The van der Waals surface area contributed by atoms with Crippen LogP contribution in [0.4, 0.5) is 0 Å². The largest absolute Gasteiger partial charge is 0.503 e. The molecule has 0 amide bonds. The van der Waals surface area contributed by atoms with E-state index in [1.54, 1.807) is 13.8 Å². The Morgan fingerprint density at radius 3 is 2.56 bits per heavy atom. The quantitative estimate of drug-likeness (QED) is 0.516. The fraction of sp³-hybridized carbons (Fsp3) is 0.333. The van der Waals surface area contributed by atoms with Gasteiger partial charge in [0, 0.05) is 0 Å². The summed E-state index contributed by atoms with van der Waals surface area (Å²) in [5, 5.41) is 9.48. The van der Waals surface area contributed by atoms with Crippen LogP contribution < -0.4 is 4.74 Å². The molecule has 98 valence electrons. The Kier molecular flexibility index (Phi) is 4.55. The van der Waals surface area contributed by atoms with Gasteiger partial charge in [0.2, 0.25) is 0 Å². The van der Waals surface area contributed by atoms with Crippen molar-refractivity contribution in [2.45, 2.75) is 13.8 Å². The highest BCUT2D eigenvalue weighted by Gasteiger charge is 2.26. The highest BCUT2D eigenvalue weighted by atomic mass is 35.5. The first-order chi connectivity index (χ1) is 8.43. The second kappa shape index (κ2) is 5.73. The number of ketones is 1. The molecule has 18 heavy (non-hydrogen) atoms. The van der Waals surface area contributed by atoms with E-state index in [2.05, 4.69) is 4.74 Å². The van der Waals surface area contributed by atoms with Crippen molar-refractivity contribution < 1.29 is 24.2 Å². The minimum atomic E-state index is -1.01. The molecular formula is C12H13ClO5. The zero-order chi connectivity index (χ0) is 13.9. The van der Waals surface area contributed by atoms with Crippen LogP contribution in [0.25, 0.3) is 0 Å². The number of carbonyl (C=O) groups is 2. The van der Waals surface area contributed by atoms with Crippen LogP contribution in [0.1, 0.15) is 22.8 Å². The number of methoxy groups -OCH3 is 1. The van der Waals surface area contributed by atoms with Gasteiger partial charge in [-0.3, -0.25) is 4.79 Å². The van der Waals surface area contributed by atoms with E-state index in [0.29, 0.717) is 5.56 Å². The number of hydrogen-bond acceptors (Lipinski definition) is 5. The molecule has 0 bridgehead atoms. The molecule has 1 rings (SSSR count). The second-order valence-corrected chi connectivity index (χ2v) is 3.86. The van der Waals surface area contributed by atoms with Gasteiger partial charge in [-0.1, -0.05) is 11.6 Å². The van der Waals surface area contributed by atoms with Crippen molar-refractivity contribution in [3.8, 4) is 11.5 Å². The maximum absolute atomic E-state index is 11.8. The molecule has 0 saturated carbocycles. The van der Waals surface area contributed by atoms with Crippen molar-refractivity contribution in [2.24, 2.45) is 0 Å². The molecule has 1 aromatic carbocycles. The maximum atomic E-state index is 11.8. The number of hydrogen-bond donors (Lipinski definition) is 1. The lowest BCUT2D eigenvalue weighted by molar-refractivity contribution is -0.137. The second-order valence-electron chi connectivity index (χ2n) is 3.48. The monoisotopic (exact) mass is 272 g/mol. The molecule has 0 unspecified atom stereocenters. The van der Waals surface area contributed by atoms with Crippen LogP contribution in [0.15, 0.2) is 6.07 Å². The van der Waals surface area contributed by atoms with Gasteiger partial charge in [0.25, 0.3) is 5.78 Å². The van der Waals surface area contributed by atoms with Crippen LogP contribution in [0, 0.1) is 6.92 Å². The van der Waals surface area contributed by atoms with Gasteiger partial charge in [-0.15, -0.1) is 0 Å². The molecule has 0 saturated heterocycles. The summed E-state index contributed by atoms with van der Waals surface area (Å²) in [6.45, 7) is 3.26. The zero-order valence-electron chi connectivity index (χ0n) is 10.2. The van der Waals surface area contributed by atoms with E-state index in [1.807, 2.05) is 0 Å². The van der Waals surface area contributed by atoms with Gasteiger partial charge in [-0.25, -0.2) is 4.79 Å². The normalized spacial score (nSPS) is 10.0. The molecule has 6 heteroatoms. The Bertz CT molecular complexity index is 496. The van der Waals surface area contributed by atoms with Crippen molar-refractivity contribution in [1.82, 2.24) is 0 Å². The number of phenols is 1. The molecule has 0 aliphatic rings. The Labute approximate surface area is 109 Å². The summed E-state index contributed by atoms with van der Waals surface area (Å²) >= 11 is 5.86. The van der Waals surface area contributed by atoms with Gasteiger partial charge in [0.05, 0.1) is 24.3 Å². The number of Topliss-reactive ketones (excluding diaryl/α,β-unsaturated/α-hetero) is 1. The van der Waals surface area contributed by atoms with Crippen LogP contribution in [0.2, 0.25) is 5.02 Å². The highest BCUT2D eigenvalue weighted by Crippen LogP contribution is 2.38. The summed E-state index contributed by atoms with van der Waals surface area (Å²) in [4.78, 5) is 23.2. The van der Waals surface area contributed by atoms with Crippen LogP contribution in [-0.2, 0) is 9.53 Å². The number of benzene rings is 1. The Hall–Kier alpha value is -1.75. The van der Waals surface area contributed by atoms with E-state index >= 15 is 0 Å². The molecule has 0 radical (unpaired) electrons. The topological polar surface area (TPSA) is 72.8 Å². The lowest BCUT2D eigenvalue weighted by atomic mass is 10.0. The Morgan fingerprint density at radius 2 is 2.06 bits per heavy atom. The van der Waals surface area contributed by atoms with Crippen LogP contribution in [-0.4, -0.2) is 30.6 Å². The number of rotatable bonds is 4. The van der Waals surface area contributed by atoms with E-state index in [0.717, 1.165) is 0 Å². The number of carbonyl (C=O) groups excluding carboxylic acids is 2. The predicted molar refractivity (Wildman–Crippen MR) is 65.4 cm³/mol. The number of aryl methyl sites for hydroxylation is 1. The molecular weight excluding hydrogens is 260 g/mol. The summed E-state index contributed by atoms with van der Waals surface area (Å²) in [6, 6.07) is 1.42. The number of phenolic OH excluding ortho intramolecular Hbond substituents is 1. The van der Waals surface area contributed by atoms with Gasteiger partial charge in [0.15, 0.2) is 11.5 Å². The molecule has 0 aliphatic heterocycles. The number of esters is 1. The van der Waals surface area contributed by atoms with Crippen molar-refractivity contribution >= 4 is 23.4 Å². The molecule has 0 fully saturated rings. The van der Waals surface area contributed by atoms with Crippen molar-refractivity contribution in [1.29, 1.82) is 0 Å². The summed E-state index contributed by atoms with van der Waals surface area (Å²) in [6.07, 6.45) is 0. The van der Waals surface area contributed by atoms with E-state index in [-0.39, 0.29) is 28.7 Å². The first-order valence-electron chi connectivity index (χ1n) is 5.21. The molecule has 1 N–H and O–H groups in total. The lowest BCUT2D eigenvalue weighted by Crippen LogP contribution is -2.19. The van der Waals surface area contributed by atoms with Gasteiger partial charge in [0.1, 0.15) is 0 Å². The van der Waals surface area contributed by atoms with E-state index < -0.39 is 11.8 Å². The minimum Gasteiger partial charge on any atom is -0.503 e. The number of aromatic hydroxyl groups is 1. The maximum Gasteiger partial charge on any atom is 0.379 e. The molecule has 0 heterocycles. The highest BCUT2D eigenvalue weighted by molar-refractivity contribution is 6.46. The summed E-state index contributed by atoms with van der Waals surface area (Å²) in [5.41, 5.74) is 0.348. The van der Waals surface area contributed by atoms with Gasteiger partial charge in [-0.05, 0) is 25.5 Å². The van der Waals surface area contributed by atoms with Crippen LogP contribution in [0.5, 0.6) is 11.5 Å². The standard InChI is InChI=1S/C12H13ClO5/c1-4-18-12(16)11(15)8-6(2)5-7(17-3)10(14)9(8)13/h5,14H,4H2,1-3H3. The van der Waals surface area contributed by atoms with Gasteiger partial charge in [-0.2, -0.15) is 0 Å². The molecule has 0 aromatic heterocycles. The summed E-state index contributed by atoms with van der Waals surface area (Å²) in [5.74, 6) is -2.14. The fourth-order valence-electron chi connectivity index (χ4n) is 1.47. The van der Waals surface area contributed by atoms with Crippen molar-refractivity contribution in [2.75, 3.05) is 13.7 Å². The average Bonchev–Trinajstić information content (AvgIpc) is 2.34. The average molecular weight is 273 g/mol. The number of halogens is 1. The van der Waals surface area contributed by atoms with E-state index in [1.165, 1.54) is 13.2 Å². The Morgan fingerprint density at radius 1 is 1.44 bits per heavy atom. The molecule has 5 nitrogen and oxygen atoms in total.